The molecule has 0 saturated heterocycles. The predicted molar refractivity (Wildman–Crippen MR) is 175 cm³/mol. The van der Waals surface area contributed by atoms with E-state index in [-0.39, 0.29) is 36.9 Å². The largest absolute Gasteiger partial charge is 0.493 e. The van der Waals surface area contributed by atoms with Gasteiger partial charge in [0.1, 0.15) is 11.8 Å². The molecule has 4 amide bonds. The quantitative estimate of drug-likeness (QED) is 0.0407. The average molecular weight is 671 g/mol. The van der Waals surface area contributed by atoms with Crippen molar-refractivity contribution >= 4 is 36.1 Å². The van der Waals surface area contributed by atoms with E-state index in [0.717, 1.165) is 33.5 Å². The molecule has 0 aromatic heterocycles. The van der Waals surface area contributed by atoms with Crippen molar-refractivity contribution in [2.45, 2.75) is 71.4 Å². The molecule has 0 aliphatic carbocycles. The number of unbranched alkanes of at least 4 members (excludes halogenated alkanes) is 2. The summed E-state index contributed by atoms with van der Waals surface area (Å²) >= 11 is 0. The average Bonchev–Trinajstić information content (AvgIpc) is 3.10. The van der Waals surface area contributed by atoms with Crippen LogP contribution in [0.3, 0.4) is 0 Å². The molecule has 262 valence electrons. The maximum Gasteiger partial charge on any atom is 0.328 e. The number of hydrogen-bond donors (Lipinski definition) is 4. The fraction of sp³-hybridized carbons (Fsp3) is 0.471. The minimum atomic E-state index is -1.27. The van der Waals surface area contributed by atoms with Crippen molar-refractivity contribution in [2.24, 2.45) is 5.92 Å². The number of nitrogens with one attached hydrogen (secondary N) is 3. The molecule has 2 aromatic carbocycles. The lowest BCUT2D eigenvalue weighted by Crippen LogP contribution is -2.47. The Morgan fingerprint density at radius 2 is 1.65 bits per heavy atom. The number of carbonyl (C=O) groups is 6. The van der Waals surface area contributed by atoms with Gasteiger partial charge in [0, 0.05) is 5.56 Å². The van der Waals surface area contributed by atoms with Crippen molar-refractivity contribution in [2.75, 3.05) is 27.5 Å². The highest BCUT2D eigenvalue weighted by Gasteiger charge is 2.31. The Morgan fingerprint density at radius 3 is 2.27 bits per heavy atom. The summed E-state index contributed by atoms with van der Waals surface area (Å²) < 4.78 is 15.0. The van der Waals surface area contributed by atoms with E-state index < -0.39 is 48.2 Å². The fourth-order valence-corrected chi connectivity index (χ4v) is 5.12. The third kappa shape index (κ3) is 11.4. The number of hydroxylamine groups is 2. The van der Waals surface area contributed by atoms with Gasteiger partial charge in [-0.2, -0.15) is 0 Å². The van der Waals surface area contributed by atoms with Crippen LogP contribution < -0.4 is 20.7 Å². The van der Waals surface area contributed by atoms with Crippen molar-refractivity contribution < 1.29 is 48.2 Å². The van der Waals surface area contributed by atoms with Gasteiger partial charge in [-0.25, -0.2) is 9.86 Å². The van der Waals surface area contributed by atoms with Gasteiger partial charge in [0.2, 0.25) is 12.3 Å². The summed E-state index contributed by atoms with van der Waals surface area (Å²) in [7, 11) is 2.30. The predicted octanol–water partition coefficient (Wildman–Crippen LogP) is 3.21. The number of amides is 4. The van der Waals surface area contributed by atoms with E-state index in [1.165, 1.54) is 6.07 Å². The maximum absolute atomic E-state index is 13.1. The smallest absolute Gasteiger partial charge is 0.328 e. The number of nitrogens with zero attached hydrogens (tertiary/aromatic N) is 1. The maximum atomic E-state index is 13.1. The molecule has 0 unspecified atom stereocenters. The van der Waals surface area contributed by atoms with Gasteiger partial charge >= 0.3 is 11.9 Å². The first-order chi connectivity index (χ1) is 23.0. The van der Waals surface area contributed by atoms with Gasteiger partial charge in [-0.05, 0) is 55.2 Å². The lowest BCUT2D eigenvalue weighted by atomic mass is 9.90. The van der Waals surface area contributed by atoms with Crippen molar-refractivity contribution in [1.82, 2.24) is 21.0 Å². The van der Waals surface area contributed by atoms with Crippen molar-refractivity contribution in [1.29, 1.82) is 0 Å². The third-order valence-electron chi connectivity index (χ3n) is 7.67. The number of ether oxygens (including phenoxy) is 3. The minimum Gasteiger partial charge on any atom is -0.493 e. The SMILES string of the molecule is CCCCC[C@@H](C(=O)NCNC(=O)c1cccc(-c2ccc(C(=O)N[C@@H](CC(=O)OC)C(=O)OC)c(OCC)c2)c1)[C@@H](CC)N(O)C=O. The van der Waals surface area contributed by atoms with E-state index in [2.05, 4.69) is 20.7 Å². The summed E-state index contributed by atoms with van der Waals surface area (Å²) in [6.45, 7) is 5.61. The van der Waals surface area contributed by atoms with Gasteiger partial charge in [-0.3, -0.25) is 29.2 Å². The summed E-state index contributed by atoms with van der Waals surface area (Å²) in [5.74, 6) is -3.48. The first-order valence-electron chi connectivity index (χ1n) is 15.9. The van der Waals surface area contributed by atoms with E-state index in [1.54, 1.807) is 50.2 Å². The van der Waals surface area contributed by atoms with Crippen molar-refractivity contribution in [3.8, 4) is 16.9 Å². The Balaban J connectivity index is 2.19. The van der Waals surface area contributed by atoms with Crippen LogP contribution in [0.5, 0.6) is 5.75 Å². The zero-order valence-electron chi connectivity index (χ0n) is 28.1. The van der Waals surface area contributed by atoms with Crippen LogP contribution in [0.1, 0.15) is 80.0 Å². The molecule has 0 saturated carbocycles. The zero-order chi connectivity index (χ0) is 35.6. The van der Waals surface area contributed by atoms with E-state index in [4.69, 9.17) is 9.47 Å². The van der Waals surface area contributed by atoms with Crippen LogP contribution >= 0.6 is 0 Å². The van der Waals surface area contributed by atoms with Crippen LogP contribution in [-0.2, 0) is 28.7 Å². The summed E-state index contributed by atoms with van der Waals surface area (Å²) in [6, 6.07) is 9.50. The van der Waals surface area contributed by atoms with Gasteiger partial charge in [0.05, 0.1) is 51.4 Å². The van der Waals surface area contributed by atoms with E-state index in [1.807, 2.05) is 6.92 Å². The first-order valence-corrected chi connectivity index (χ1v) is 15.9. The molecule has 0 radical (unpaired) electrons. The van der Waals surface area contributed by atoms with Gasteiger partial charge in [-0.1, -0.05) is 51.3 Å². The van der Waals surface area contributed by atoms with Crippen LogP contribution in [0.4, 0.5) is 0 Å². The molecule has 0 fully saturated rings. The molecule has 3 atom stereocenters. The first kappa shape index (κ1) is 39.2. The minimum absolute atomic E-state index is 0.111. The normalized spacial score (nSPS) is 12.5. The summed E-state index contributed by atoms with van der Waals surface area (Å²) in [4.78, 5) is 74.3. The molecule has 2 rings (SSSR count). The number of esters is 2. The lowest BCUT2D eigenvalue weighted by Gasteiger charge is -2.29. The molecule has 48 heavy (non-hydrogen) atoms. The summed E-state index contributed by atoms with van der Waals surface area (Å²) in [5.41, 5.74) is 1.68. The molecule has 0 aliphatic heterocycles. The molecular weight excluding hydrogens is 624 g/mol. The standard InChI is InChI=1S/C34H46N4O10/c1-6-9-10-14-25(28(7-2)38(45)21-39)32(42)36-20-35-31(41)24-13-11-12-22(17-24)23-15-16-26(29(18-23)48-8-3)33(43)37-27(34(44)47-5)19-30(40)46-4/h11-13,15-18,21,25,27-28,45H,6-10,14,19-20H2,1-5H3,(H,35,41)(H,36,42)(H,37,43)/t25-,27+,28-/m1/s1. The third-order valence-corrected chi connectivity index (χ3v) is 7.67. The molecule has 0 aliphatic rings. The molecular formula is C34H46N4O10. The second-order valence-electron chi connectivity index (χ2n) is 10.8. The lowest BCUT2D eigenvalue weighted by molar-refractivity contribution is -0.168. The Kier molecular flexibility index (Phi) is 16.6. The number of benzene rings is 2. The van der Waals surface area contributed by atoms with Gasteiger partial charge in [-0.15, -0.1) is 0 Å². The molecule has 0 spiro atoms. The van der Waals surface area contributed by atoms with Crippen LogP contribution in [0, 0.1) is 5.92 Å². The Hall–Kier alpha value is -4.98. The van der Waals surface area contributed by atoms with Crippen LogP contribution in [0.25, 0.3) is 11.1 Å². The number of hydrogen-bond acceptors (Lipinski definition) is 10. The molecule has 2 aromatic rings. The molecule has 14 nitrogen and oxygen atoms in total. The highest BCUT2D eigenvalue weighted by atomic mass is 16.5. The monoisotopic (exact) mass is 670 g/mol. The van der Waals surface area contributed by atoms with Gasteiger partial charge in [0.25, 0.3) is 11.8 Å². The zero-order valence-corrected chi connectivity index (χ0v) is 28.1. The van der Waals surface area contributed by atoms with E-state index >= 15 is 0 Å². The molecule has 0 bridgehead atoms. The second kappa shape index (κ2) is 20.3. The van der Waals surface area contributed by atoms with E-state index in [9.17, 15) is 34.0 Å². The van der Waals surface area contributed by atoms with E-state index in [0.29, 0.717) is 34.6 Å². The molecule has 4 N–H and O–H groups in total. The highest BCUT2D eigenvalue weighted by molar-refractivity contribution is 6.00. The molecule has 14 heteroatoms. The topological polar surface area (TPSA) is 190 Å². The number of rotatable bonds is 20. The number of methoxy groups -OCH3 is 2. The number of carbonyl (C=O) groups excluding carboxylic acids is 6. The van der Waals surface area contributed by atoms with Crippen LogP contribution in [-0.4, -0.2) is 85.9 Å². The Bertz CT molecular complexity index is 1420. The van der Waals surface area contributed by atoms with Crippen LogP contribution in [0.15, 0.2) is 42.5 Å². The fourth-order valence-electron chi connectivity index (χ4n) is 5.12. The van der Waals surface area contributed by atoms with Crippen molar-refractivity contribution in [3.63, 3.8) is 0 Å². The van der Waals surface area contributed by atoms with Crippen LogP contribution in [0.2, 0.25) is 0 Å². The summed E-state index contributed by atoms with van der Waals surface area (Å²) in [5, 5.41) is 18.4. The highest BCUT2D eigenvalue weighted by Crippen LogP contribution is 2.29. The summed E-state index contributed by atoms with van der Waals surface area (Å²) in [6.07, 6.45) is 3.30. The second-order valence-corrected chi connectivity index (χ2v) is 10.8. The van der Waals surface area contributed by atoms with Gasteiger partial charge < -0.3 is 30.2 Å². The molecule has 0 heterocycles. The van der Waals surface area contributed by atoms with Crippen molar-refractivity contribution in [3.05, 3.63) is 53.6 Å². The van der Waals surface area contributed by atoms with Gasteiger partial charge in [0.15, 0.2) is 0 Å². The Morgan fingerprint density at radius 1 is 0.917 bits per heavy atom. The Labute approximate surface area is 280 Å².